The average Bonchev–Trinajstić information content (AvgIpc) is 2.57. The second-order valence-electron chi connectivity index (χ2n) is 3.41. The van der Waals surface area contributed by atoms with E-state index in [0.717, 1.165) is 10.5 Å². The van der Waals surface area contributed by atoms with E-state index in [9.17, 15) is 4.79 Å². The van der Waals surface area contributed by atoms with Crippen molar-refractivity contribution < 1.29 is 4.79 Å². The van der Waals surface area contributed by atoms with Gasteiger partial charge in [0.1, 0.15) is 0 Å². The number of likely N-dealkylation sites (N-methyl/N-ethyl adjacent to an activating group) is 1. The van der Waals surface area contributed by atoms with E-state index in [1.807, 2.05) is 18.3 Å². The highest BCUT2D eigenvalue weighted by Gasteiger charge is 2.35. The van der Waals surface area contributed by atoms with Crippen molar-refractivity contribution in [3.63, 3.8) is 0 Å². The van der Waals surface area contributed by atoms with Gasteiger partial charge in [-0.3, -0.25) is 4.98 Å². The Hall–Kier alpha value is -2.09. The van der Waals surface area contributed by atoms with Crippen molar-refractivity contribution in [2.75, 3.05) is 13.6 Å². The molecule has 2 amide bonds. The summed E-state index contributed by atoms with van der Waals surface area (Å²) in [4.78, 5) is 18.2. The van der Waals surface area contributed by atoms with Gasteiger partial charge in [-0.1, -0.05) is 6.07 Å². The highest BCUT2D eigenvalue weighted by Crippen LogP contribution is 2.26. The number of carbonyl (C=O) groups is 1. The summed E-state index contributed by atoms with van der Waals surface area (Å²) in [7, 11) is 1.69. The topological polar surface area (TPSA) is 60.2 Å². The summed E-state index contributed by atoms with van der Waals surface area (Å²) in [6.45, 7) is 0.400. The molecule has 0 saturated carbocycles. The van der Waals surface area contributed by atoms with Crippen molar-refractivity contribution >= 4 is 6.03 Å². The predicted octanol–water partition coefficient (Wildman–Crippen LogP) is 0.971. The number of nitrogens with zero attached hydrogens (tertiary/aromatic N) is 4. The van der Waals surface area contributed by atoms with Crippen LogP contribution in [0.2, 0.25) is 0 Å². The molecule has 1 unspecified atom stereocenters. The van der Waals surface area contributed by atoms with Gasteiger partial charge in [-0.05, 0) is 11.6 Å². The lowest BCUT2D eigenvalue weighted by Crippen LogP contribution is -2.26. The largest absolute Gasteiger partial charge is 0.333 e. The van der Waals surface area contributed by atoms with Crippen LogP contribution in [-0.4, -0.2) is 34.4 Å². The Morgan fingerprint density at radius 3 is 3.00 bits per heavy atom. The van der Waals surface area contributed by atoms with Crippen LogP contribution in [0.1, 0.15) is 11.6 Å². The van der Waals surface area contributed by atoms with Crippen LogP contribution >= 0.6 is 0 Å². The van der Waals surface area contributed by atoms with E-state index in [4.69, 9.17) is 5.26 Å². The molecule has 0 N–H and O–H groups in total. The van der Waals surface area contributed by atoms with Crippen LogP contribution in [0.15, 0.2) is 24.5 Å². The molecule has 76 valence electrons. The monoisotopic (exact) mass is 202 g/mol. The van der Waals surface area contributed by atoms with Crippen molar-refractivity contribution in [1.29, 1.82) is 5.26 Å². The lowest BCUT2D eigenvalue weighted by Gasteiger charge is -2.16. The van der Waals surface area contributed by atoms with Gasteiger partial charge in [0.05, 0.1) is 12.6 Å². The smallest absolute Gasteiger partial charge is 0.318 e. The Bertz CT molecular complexity index is 411. The van der Waals surface area contributed by atoms with Gasteiger partial charge in [0.25, 0.3) is 0 Å². The molecule has 1 aromatic rings. The predicted molar refractivity (Wildman–Crippen MR) is 52.5 cm³/mol. The molecule has 0 bridgehead atoms. The maximum Gasteiger partial charge on any atom is 0.333 e. The molecule has 2 rings (SSSR count). The first-order valence-corrected chi connectivity index (χ1v) is 4.58. The molecule has 2 heterocycles. The van der Waals surface area contributed by atoms with E-state index in [1.54, 1.807) is 24.3 Å². The number of aromatic nitrogens is 1. The molecule has 1 aromatic heterocycles. The second kappa shape index (κ2) is 3.58. The van der Waals surface area contributed by atoms with E-state index < -0.39 is 0 Å². The van der Waals surface area contributed by atoms with Crippen LogP contribution in [0.3, 0.4) is 0 Å². The quantitative estimate of drug-likeness (QED) is 0.637. The minimum Gasteiger partial charge on any atom is -0.318 e. The van der Waals surface area contributed by atoms with E-state index in [0.29, 0.717) is 6.54 Å². The number of carbonyl (C=O) groups excluding carboxylic acids is 1. The lowest BCUT2D eigenvalue weighted by atomic mass is 10.1. The minimum absolute atomic E-state index is 0.0779. The third-order valence-electron chi connectivity index (χ3n) is 2.55. The number of nitriles is 1. The highest BCUT2D eigenvalue weighted by molar-refractivity contribution is 5.78. The summed E-state index contributed by atoms with van der Waals surface area (Å²) in [5, 5.41) is 8.73. The molecule has 0 aromatic carbocycles. The van der Waals surface area contributed by atoms with E-state index >= 15 is 0 Å². The maximum absolute atomic E-state index is 11.5. The summed E-state index contributed by atoms with van der Waals surface area (Å²) >= 11 is 0. The highest BCUT2D eigenvalue weighted by atomic mass is 16.2. The Labute approximate surface area is 87.5 Å². The van der Waals surface area contributed by atoms with Gasteiger partial charge < -0.3 is 4.90 Å². The van der Waals surface area contributed by atoms with Crippen LogP contribution in [0, 0.1) is 11.5 Å². The van der Waals surface area contributed by atoms with E-state index in [2.05, 4.69) is 4.98 Å². The zero-order valence-corrected chi connectivity index (χ0v) is 8.29. The summed E-state index contributed by atoms with van der Waals surface area (Å²) in [5.41, 5.74) is 0.950. The first-order valence-electron chi connectivity index (χ1n) is 4.58. The zero-order valence-electron chi connectivity index (χ0n) is 8.29. The Morgan fingerprint density at radius 1 is 1.67 bits per heavy atom. The molecule has 5 heteroatoms. The number of urea groups is 1. The number of pyridine rings is 1. The third kappa shape index (κ3) is 1.50. The summed E-state index contributed by atoms with van der Waals surface area (Å²) in [5.74, 6) is 0. The molecular formula is C10H10N4O. The fourth-order valence-corrected chi connectivity index (χ4v) is 1.68. The van der Waals surface area contributed by atoms with Crippen molar-refractivity contribution in [3.8, 4) is 6.19 Å². The molecule has 1 aliphatic heterocycles. The van der Waals surface area contributed by atoms with Crippen LogP contribution in [0.5, 0.6) is 0 Å². The van der Waals surface area contributed by atoms with E-state index in [-0.39, 0.29) is 12.1 Å². The third-order valence-corrected chi connectivity index (χ3v) is 2.55. The molecule has 1 atom stereocenters. The summed E-state index contributed by atoms with van der Waals surface area (Å²) in [6.07, 6.45) is 5.27. The van der Waals surface area contributed by atoms with Gasteiger partial charge in [0.2, 0.25) is 0 Å². The van der Waals surface area contributed by atoms with Crippen molar-refractivity contribution in [3.05, 3.63) is 30.1 Å². The van der Waals surface area contributed by atoms with Crippen LogP contribution in [-0.2, 0) is 0 Å². The maximum atomic E-state index is 11.5. The standard InChI is InChI=1S/C10H10N4O/c1-13-9(6-14(7-11)10(13)15)8-3-2-4-12-5-8/h2-5,9H,6H2,1H3. The molecule has 15 heavy (non-hydrogen) atoms. The number of rotatable bonds is 1. The molecule has 5 nitrogen and oxygen atoms in total. The van der Waals surface area contributed by atoms with Gasteiger partial charge in [-0.15, -0.1) is 0 Å². The lowest BCUT2D eigenvalue weighted by molar-refractivity contribution is 0.205. The molecule has 0 spiro atoms. The molecule has 1 aliphatic rings. The Balaban J connectivity index is 2.27. The number of amides is 2. The molecule has 1 fully saturated rings. The van der Waals surface area contributed by atoms with Crippen LogP contribution in [0.25, 0.3) is 0 Å². The first-order chi connectivity index (χ1) is 7.24. The first kappa shape index (κ1) is 9.46. The normalized spacial score (nSPS) is 20.5. The minimum atomic E-state index is -0.258. The SMILES string of the molecule is CN1C(=O)N(C#N)CC1c1cccnc1. The summed E-state index contributed by atoms with van der Waals surface area (Å²) < 4.78 is 0. The second-order valence-corrected chi connectivity index (χ2v) is 3.41. The molecular weight excluding hydrogens is 192 g/mol. The fraction of sp³-hybridized carbons (Fsp3) is 0.300. The van der Waals surface area contributed by atoms with Gasteiger partial charge >= 0.3 is 6.03 Å². The molecule has 1 saturated heterocycles. The molecule has 0 aliphatic carbocycles. The van der Waals surface area contributed by atoms with E-state index in [1.165, 1.54) is 0 Å². The Morgan fingerprint density at radius 2 is 2.47 bits per heavy atom. The Kier molecular flexibility index (Phi) is 2.26. The molecule has 0 radical (unpaired) electrons. The van der Waals surface area contributed by atoms with Gasteiger partial charge in [-0.2, -0.15) is 5.26 Å². The van der Waals surface area contributed by atoms with Gasteiger partial charge in [-0.25, -0.2) is 9.69 Å². The van der Waals surface area contributed by atoms with Crippen molar-refractivity contribution in [2.24, 2.45) is 0 Å². The van der Waals surface area contributed by atoms with Crippen LogP contribution in [0.4, 0.5) is 4.79 Å². The number of hydrogen-bond donors (Lipinski definition) is 0. The zero-order chi connectivity index (χ0) is 10.8. The fourth-order valence-electron chi connectivity index (χ4n) is 1.68. The van der Waals surface area contributed by atoms with Crippen molar-refractivity contribution in [1.82, 2.24) is 14.8 Å². The van der Waals surface area contributed by atoms with Crippen LogP contribution < -0.4 is 0 Å². The number of hydrogen-bond acceptors (Lipinski definition) is 3. The van der Waals surface area contributed by atoms with Crippen molar-refractivity contribution in [2.45, 2.75) is 6.04 Å². The van der Waals surface area contributed by atoms with Gasteiger partial charge in [0, 0.05) is 19.4 Å². The van der Waals surface area contributed by atoms with Gasteiger partial charge in [0.15, 0.2) is 6.19 Å². The summed E-state index contributed by atoms with van der Waals surface area (Å²) in [6, 6.07) is 3.39. The average molecular weight is 202 g/mol.